The number of rotatable bonds is 3. The van der Waals surface area contributed by atoms with Crippen molar-refractivity contribution in [2.75, 3.05) is 19.7 Å². The highest BCUT2D eigenvalue weighted by molar-refractivity contribution is 5.96. The number of nitrogens with zero attached hydrogens (tertiary/aromatic N) is 1. The number of aromatic hydroxyl groups is 1. The Balaban J connectivity index is 2.12. The molecule has 0 saturated carbocycles. The lowest BCUT2D eigenvalue weighted by atomic mass is 10.1. The van der Waals surface area contributed by atoms with Crippen LogP contribution in [0.4, 0.5) is 0 Å². The Kier molecular flexibility index (Phi) is 4.24. The van der Waals surface area contributed by atoms with Crippen molar-refractivity contribution in [1.29, 1.82) is 0 Å². The summed E-state index contributed by atoms with van der Waals surface area (Å²) in [6, 6.07) is 4.79. The fraction of sp³-hybridized carbons (Fsp3) is 0.429. The lowest BCUT2D eigenvalue weighted by Gasteiger charge is -2.32. The fourth-order valence-electron chi connectivity index (χ4n) is 2.25. The summed E-state index contributed by atoms with van der Waals surface area (Å²) in [4.78, 5) is 24.7. The van der Waals surface area contributed by atoms with E-state index in [9.17, 15) is 14.7 Å². The van der Waals surface area contributed by atoms with E-state index in [2.05, 4.69) is 0 Å². The van der Waals surface area contributed by atoms with Gasteiger partial charge in [-0.05, 0) is 19.1 Å². The number of morpholine rings is 1. The largest absolute Gasteiger partial charge is 0.508 e. The van der Waals surface area contributed by atoms with E-state index in [0.717, 1.165) is 0 Å². The first-order chi connectivity index (χ1) is 9.49. The second-order valence-electron chi connectivity index (χ2n) is 4.79. The maximum Gasteiger partial charge on any atom is 0.306 e. The van der Waals surface area contributed by atoms with Gasteiger partial charge < -0.3 is 19.8 Å². The minimum atomic E-state index is -0.946. The van der Waals surface area contributed by atoms with E-state index in [-0.39, 0.29) is 24.6 Å². The first-order valence-corrected chi connectivity index (χ1v) is 6.40. The molecule has 0 spiro atoms. The maximum atomic E-state index is 12.4. The van der Waals surface area contributed by atoms with Gasteiger partial charge in [0.25, 0.3) is 5.91 Å². The van der Waals surface area contributed by atoms with Crippen LogP contribution in [0.15, 0.2) is 18.2 Å². The molecule has 6 nitrogen and oxygen atoms in total. The smallest absolute Gasteiger partial charge is 0.306 e. The van der Waals surface area contributed by atoms with E-state index in [1.54, 1.807) is 24.0 Å². The van der Waals surface area contributed by atoms with Crippen molar-refractivity contribution < 1.29 is 24.5 Å². The third-order valence-electron chi connectivity index (χ3n) is 3.36. The molecule has 1 heterocycles. The summed E-state index contributed by atoms with van der Waals surface area (Å²) in [6.45, 7) is 2.67. The molecule has 108 valence electrons. The molecule has 1 saturated heterocycles. The number of hydrogen-bond donors (Lipinski definition) is 2. The average molecular weight is 279 g/mol. The summed E-state index contributed by atoms with van der Waals surface area (Å²) in [5, 5.41) is 18.4. The molecular formula is C14H17NO5. The van der Waals surface area contributed by atoms with Gasteiger partial charge in [-0.15, -0.1) is 0 Å². The van der Waals surface area contributed by atoms with Gasteiger partial charge in [0.1, 0.15) is 5.75 Å². The number of ether oxygens (including phenoxy) is 1. The highest BCUT2D eigenvalue weighted by Crippen LogP contribution is 2.22. The van der Waals surface area contributed by atoms with Crippen molar-refractivity contribution in [1.82, 2.24) is 4.90 Å². The number of benzene rings is 1. The van der Waals surface area contributed by atoms with E-state index in [1.807, 2.05) is 0 Å². The summed E-state index contributed by atoms with van der Waals surface area (Å²) >= 11 is 0. The van der Waals surface area contributed by atoms with Crippen LogP contribution in [-0.4, -0.2) is 52.8 Å². The number of amides is 1. The van der Waals surface area contributed by atoms with Gasteiger partial charge >= 0.3 is 5.97 Å². The van der Waals surface area contributed by atoms with Crippen LogP contribution in [0.2, 0.25) is 0 Å². The zero-order valence-corrected chi connectivity index (χ0v) is 11.2. The Morgan fingerprint density at radius 1 is 1.45 bits per heavy atom. The number of carbonyl (C=O) groups excluding carboxylic acids is 1. The summed E-state index contributed by atoms with van der Waals surface area (Å²) in [5.41, 5.74) is 0.958. The molecule has 1 unspecified atom stereocenters. The third kappa shape index (κ3) is 3.08. The van der Waals surface area contributed by atoms with E-state index >= 15 is 0 Å². The average Bonchev–Trinajstić information content (AvgIpc) is 2.41. The van der Waals surface area contributed by atoms with Crippen LogP contribution in [0.1, 0.15) is 22.3 Å². The van der Waals surface area contributed by atoms with Crippen molar-refractivity contribution in [3.63, 3.8) is 0 Å². The van der Waals surface area contributed by atoms with Crippen molar-refractivity contribution in [3.05, 3.63) is 29.3 Å². The van der Waals surface area contributed by atoms with Gasteiger partial charge in [-0.3, -0.25) is 9.59 Å². The van der Waals surface area contributed by atoms with Gasteiger partial charge in [-0.25, -0.2) is 0 Å². The predicted octanol–water partition coefficient (Wildman–Crippen LogP) is 1.02. The maximum absolute atomic E-state index is 12.4. The minimum Gasteiger partial charge on any atom is -0.508 e. The van der Waals surface area contributed by atoms with E-state index in [0.29, 0.717) is 24.3 Å². The van der Waals surface area contributed by atoms with E-state index in [4.69, 9.17) is 9.84 Å². The van der Waals surface area contributed by atoms with Crippen molar-refractivity contribution in [3.8, 4) is 5.75 Å². The standard InChI is InChI=1S/C14H17NO5/c1-9-11(3-2-4-12(9)16)14(19)15-5-6-20-10(8-15)7-13(17)18/h2-4,10,16H,5-8H2,1H3,(H,17,18). The Morgan fingerprint density at radius 3 is 2.90 bits per heavy atom. The zero-order chi connectivity index (χ0) is 14.7. The van der Waals surface area contributed by atoms with Crippen molar-refractivity contribution in [2.24, 2.45) is 0 Å². The lowest BCUT2D eigenvalue weighted by molar-refractivity contribution is -0.141. The Hall–Kier alpha value is -2.08. The summed E-state index contributed by atoms with van der Waals surface area (Å²) in [7, 11) is 0. The molecule has 1 amide bonds. The molecule has 1 aromatic rings. The van der Waals surface area contributed by atoms with E-state index < -0.39 is 12.1 Å². The number of carboxylic acid groups (broad SMARTS) is 1. The topological polar surface area (TPSA) is 87.1 Å². The van der Waals surface area contributed by atoms with Crippen LogP contribution in [0.3, 0.4) is 0 Å². The highest BCUT2D eigenvalue weighted by atomic mass is 16.5. The summed E-state index contributed by atoms with van der Waals surface area (Å²) in [6.07, 6.45) is -0.606. The van der Waals surface area contributed by atoms with Gasteiger partial charge in [0.2, 0.25) is 0 Å². The molecule has 0 bridgehead atoms. The molecule has 1 aliphatic rings. The second kappa shape index (κ2) is 5.92. The monoisotopic (exact) mass is 279 g/mol. The molecule has 20 heavy (non-hydrogen) atoms. The van der Waals surface area contributed by atoms with Crippen LogP contribution in [-0.2, 0) is 9.53 Å². The molecule has 1 aromatic carbocycles. The minimum absolute atomic E-state index is 0.0752. The van der Waals surface area contributed by atoms with Crippen LogP contribution < -0.4 is 0 Å². The van der Waals surface area contributed by atoms with Crippen molar-refractivity contribution >= 4 is 11.9 Å². The first-order valence-electron chi connectivity index (χ1n) is 6.40. The Morgan fingerprint density at radius 2 is 2.20 bits per heavy atom. The normalized spacial score (nSPS) is 18.9. The molecule has 2 rings (SSSR count). The molecular weight excluding hydrogens is 262 g/mol. The first kappa shape index (κ1) is 14.3. The van der Waals surface area contributed by atoms with Crippen LogP contribution in [0.25, 0.3) is 0 Å². The number of carbonyl (C=O) groups is 2. The van der Waals surface area contributed by atoms with Gasteiger partial charge in [0.05, 0.1) is 19.1 Å². The van der Waals surface area contributed by atoms with Crippen LogP contribution in [0, 0.1) is 6.92 Å². The van der Waals surface area contributed by atoms with Crippen LogP contribution >= 0.6 is 0 Å². The summed E-state index contributed by atoms with van der Waals surface area (Å²) < 4.78 is 5.33. The Bertz CT molecular complexity index is 528. The molecule has 0 aromatic heterocycles. The predicted molar refractivity (Wildman–Crippen MR) is 70.7 cm³/mol. The summed E-state index contributed by atoms with van der Waals surface area (Å²) in [5.74, 6) is -1.08. The molecule has 6 heteroatoms. The van der Waals surface area contributed by atoms with E-state index in [1.165, 1.54) is 6.07 Å². The van der Waals surface area contributed by atoms with Crippen LogP contribution in [0.5, 0.6) is 5.75 Å². The highest BCUT2D eigenvalue weighted by Gasteiger charge is 2.27. The van der Waals surface area contributed by atoms with Gasteiger partial charge in [0.15, 0.2) is 0 Å². The fourth-order valence-corrected chi connectivity index (χ4v) is 2.25. The second-order valence-corrected chi connectivity index (χ2v) is 4.79. The molecule has 0 aliphatic carbocycles. The zero-order valence-electron chi connectivity index (χ0n) is 11.2. The van der Waals surface area contributed by atoms with Gasteiger partial charge in [-0.2, -0.15) is 0 Å². The number of phenolic OH excluding ortho intramolecular Hbond substituents is 1. The number of aliphatic carboxylic acids is 1. The number of hydrogen-bond acceptors (Lipinski definition) is 4. The molecule has 2 N–H and O–H groups in total. The SMILES string of the molecule is Cc1c(O)cccc1C(=O)N1CCOC(CC(=O)O)C1. The Labute approximate surface area is 116 Å². The molecule has 0 radical (unpaired) electrons. The van der Waals surface area contributed by atoms with Gasteiger partial charge in [-0.1, -0.05) is 6.07 Å². The number of carboxylic acids is 1. The van der Waals surface area contributed by atoms with Gasteiger partial charge in [0, 0.05) is 24.2 Å². The lowest BCUT2D eigenvalue weighted by Crippen LogP contribution is -2.46. The van der Waals surface area contributed by atoms with Crippen molar-refractivity contribution in [2.45, 2.75) is 19.4 Å². The molecule has 1 fully saturated rings. The molecule has 1 atom stereocenters. The molecule has 1 aliphatic heterocycles. The third-order valence-corrected chi connectivity index (χ3v) is 3.36. The quantitative estimate of drug-likeness (QED) is 0.862. The number of phenols is 1.